The van der Waals surface area contributed by atoms with Crippen LogP contribution in [0, 0.1) is 0 Å². The molecule has 0 bridgehead atoms. The maximum absolute atomic E-state index is 13.0. The lowest BCUT2D eigenvalue weighted by atomic mass is 10.1. The Balaban J connectivity index is 2.05. The molecule has 0 saturated heterocycles. The highest BCUT2D eigenvalue weighted by molar-refractivity contribution is 5.92. The second kappa shape index (κ2) is 9.63. The van der Waals surface area contributed by atoms with Gasteiger partial charge in [0, 0.05) is 6.08 Å². The third-order valence-corrected chi connectivity index (χ3v) is 3.67. The van der Waals surface area contributed by atoms with Crippen molar-refractivity contribution in [3.8, 4) is 11.5 Å². The van der Waals surface area contributed by atoms with Gasteiger partial charge in [-0.25, -0.2) is 4.79 Å². The van der Waals surface area contributed by atoms with Crippen molar-refractivity contribution in [2.75, 3.05) is 26.1 Å². The average Bonchev–Trinajstić information content (AvgIpc) is 2.70. The van der Waals surface area contributed by atoms with Crippen LogP contribution in [-0.4, -0.2) is 32.7 Å². The van der Waals surface area contributed by atoms with E-state index in [0.717, 1.165) is 12.1 Å². The SMILES string of the molecule is COC(=O)/C=C/c1ccc(OCC(=O)Nc2ccccc2C(F)(F)F)c(OC)c1. The molecule has 1 N–H and O–H groups in total. The summed E-state index contributed by atoms with van der Waals surface area (Å²) < 4.78 is 54.0. The van der Waals surface area contributed by atoms with E-state index in [2.05, 4.69) is 10.1 Å². The third kappa shape index (κ3) is 6.27. The highest BCUT2D eigenvalue weighted by Gasteiger charge is 2.33. The number of esters is 1. The van der Waals surface area contributed by atoms with Gasteiger partial charge in [-0.1, -0.05) is 18.2 Å². The summed E-state index contributed by atoms with van der Waals surface area (Å²) >= 11 is 0. The molecule has 0 saturated carbocycles. The fourth-order valence-electron chi connectivity index (χ4n) is 2.31. The fraction of sp³-hybridized carbons (Fsp3) is 0.200. The molecule has 0 spiro atoms. The Morgan fingerprint density at radius 2 is 1.79 bits per heavy atom. The van der Waals surface area contributed by atoms with E-state index in [1.807, 2.05) is 0 Å². The first kappa shape index (κ1) is 21.8. The average molecular weight is 409 g/mol. The van der Waals surface area contributed by atoms with Gasteiger partial charge >= 0.3 is 12.1 Å². The van der Waals surface area contributed by atoms with Crippen LogP contribution in [0.25, 0.3) is 6.08 Å². The summed E-state index contributed by atoms with van der Waals surface area (Å²) in [6.07, 6.45) is -1.87. The van der Waals surface area contributed by atoms with Crippen molar-refractivity contribution in [3.63, 3.8) is 0 Å². The molecule has 0 atom stereocenters. The van der Waals surface area contributed by atoms with Crippen molar-refractivity contribution in [3.05, 3.63) is 59.7 Å². The molecule has 0 radical (unpaired) electrons. The number of amides is 1. The number of hydrogen-bond acceptors (Lipinski definition) is 5. The molecule has 1 amide bonds. The Labute approximate surface area is 164 Å². The number of alkyl halides is 3. The zero-order valence-corrected chi connectivity index (χ0v) is 15.6. The van der Waals surface area contributed by atoms with E-state index < -0.39 is 30.2 Å². The molecule has 0 fully saturated rings. The zero-order valence-electron chi connectivity index (χ0n) is 15.6. The summed E-state index contributed by atoms with van der Waals surface area (Å²) in [5.74, 6) is -0.805. The second-order valence-corrected chi connectivity index (χ2v) is 5.65. The number of benzene rings is 2. The van der Waals surface area contributed by atoms with Crippen molar-refractivity contribution in [2.24, 2.45) is 0 Å². The highest BCUT2D eigenvalue weighted by atomic mass is 19.4. The minimum Gasteiger partial charge on any atom is -0.493 e. The van der Waals surface area contributed by atoms with Crippen molar-refractivity contribution >= 4 is 23.6 Å². The van der Waals surface area contributed by atoms with E-state index in [0.29, 0.717) is 5.56 Å². The molecule has 0 aliphatic carbocycles. The van der Waals surface area contributed by atoms with Crippen LogP contribution in [0.1, 0.15) is 11.1 Å². The number of anilines is 1. The summed E-state index contributed by atoms with van der Waals surface area (Å²) in [6.45, 7) is -0.528. The summed E-state index contributed by atoms with van der Waals surface area (Å²) in [5, 5.41) is 2.19. The smallest absolute Gasteiger partial charge is 0.418 e. The highest BCUT2D eigenvalue weighted by Crippen LogP contribution is 2.34. The quantitative estimate of drug-likeness (QED) is 0.554. The topological polar surface area (TPSA) is 73.9 Å². The van der Waals surface area contributed by atoms with E-state index in [4.69, 9.17) is 9.47 Å². The minimum atomic E-state index is -4.60. The van der Waals surface area contributed by atoms with Gasteiger partial charge in [0.15, 0.2) is 18.1 Å². The largest absolute Gasteiger partial charge is 0.493 e. The minimum absolute atomic E-state index is 0.210. The number of nitrogens with one attached hydrogen (secondary N) is 1. The van der Waals surface area contributed by atoms with Crippen molar-refractivity contribution < 1.29 is 37.0 Å². The maximum atomic E-state index is 13.0. The third-order valence-electron chi connectivity index (χ3n) is 3.67. The van der Waals surface area contributed by atoms with Crippen molar-refractivity contribution in [1.82, 2.24) is 0 Å². The second-order valence-electron chi connectivity index (χ2n) is 5.65. The normalized spacial score (nSPS) is 11.2. The number of rotatable bonds is 7. The molecule has 0 aliphatic rings. The number of carbonyl (C=O) groups excluding carboxylic acids is 2. The van der Waals surface area contributed by atoms with Crippen LogP contribution in [0.5, 0.6) is 11.5 Å². The Kier molecular flexibility index (Phi) is 7.24. The van der Waals surface area contributed by atoms with E-state index in [1.54, 1.807) is 12.1 Å². The van der Waals surface area contributed by atoms with E-state index >= 15 is 0 Å². The molecular formula is C20H18F3NO5. The summed E-state index contributed by atoms with van der Waals surface area (Å²) in [7, 11) is 2.64. The molecule has 0 aromatic heterocycles. The molecule has 29 heavy (non-hydrogen) atoms. The van der Waals surface area contributed by atoms with Crippen molar-refractivity contribution in [2.45, 2.75) is 6.18 Å². The van der Waals surface area contributed by atoms with Gasteiger partial charge in [0.1, 0.15) is 0 Å². The number of halogens is 3. The molecule has 0 aliphatic heterocycles. The summed E-state index contributed by atoms with van der Waals surface area (Å²) in [4.78, 5) is 23.2. The molecule has 2 rings (SSSR count). The van der Waals surface area contributed by atoms with Crippen LogP contribution < -0.4 is 14.8 Å². The van der Waals surface area contributed by atoms with Gasteiger partial charge < -0.3 is 19.5 Å². The van der Waals surface area contributed by atoms with Crippen molar-refractivity contribution in [1.29, 1.82) is 0 Å². The van der Waals surface area contributed by atoms with Gasteiger partial charge in [-0.3, -0.25) is 4.79 Å². The zero-order chi connectivity index (χ0) is 21.4. The van der Waals surface area contributed by atoms with Gasteiger partial charge in [-0.05, 0) is 35.9 Å². The van der Waals surface area contributed by atoms with Crippen LogP contribution in [0.4, 0.5) is 18.9 Å². The van der Waals surface area contributed by atoms with Crippen LogP contribution in [0.2, 0.25) is 0 Å². The number of carbonyl (C=O) groups is 2. The van der Waals surface area contributed by atoms with Crippen LogP contribution in [0.15, 0.2) is 48.5 Å². The lowest BCUT2D eigenvalue weighted by Gasteiger charge is -2.14. The molecule has 9 heteroatoms. The Bertz CT molecular complexity index is 909. The Morgan fingerprint density at radius 3 is 2.45 bits per heavy atom. The van der Waals surface area contributed by atoms with Gasteiger partial charge in [-0.15, -0.1) is 0 Å². The van der Waals surface area contributed by atoms with Gasteiger partial charge in [0.25, 0.3) is 5.91 Å². The number of para-hydroxylation sites is 1. The first-order valence-electron chi connectivity index (χ1n) is 8.27. The monoisotopic (exact) mass is 409 g/mol. The lowest BCUT2D eigenvalue weighted by Crippen LogP contribution is -2.22. The molecule has 0 heterocycles. The van der Waals surface area contributed by atoms with Gasteiger partial charge in [0.2, 0.25) is 0 Å². The predicted octanol–water partition coefficient (Wildman–Crippen LogP) is 3.92. The summed E-state index contributed by atoms with van der Waals surface area (Å²) in [6, 6.07) is 9.32. The maximum Gasteiger partial charge on any atom is 0.418 e. The van der Waals surface area contributed by atoms with E-state index in [-0.39, 0.29) is 17.2 Å². The lowest BCUT2D eigenvalue weighted by molar-refractivity contribution is -0.137. The van der Waals surface area contributed by atoms with Crippen LogP contribution >= 0.6 is 0 Å². The van der Waals surface area contributed by atoms with Crippen LogP contribution in [-0.2, 0) is 20.5 Å². The predicted molar refractivity (Wildman–Crippen MR) is 99.6 cm³/mol. The number of methoxy groups -OCH3 is 2. The number of hydrogen-bond donors (Lipinski definition) is 1. The van der Waals surface area contributed by atoms with Crippen LogP contribution in [0.3, 0.4) is 0 Å². The van der Waals surface area contributed by atoms with Gasteiger partial charge in [-0.2, -0.15) is 13.2 Å². The fourth-order valence-corrected chi connectivity index (χ4v) is 2.31. The van der Waals surface area contributed by atoms with Gasteiger partial charge in [0.05, 0.1) is 25.5 Å². The first-order valence-corrected chi connectivity index (χ1v) is 8.27. The standard InChI is InChI=1S/C20H18F3NO5/c1-27-17-11-13(8-10-19(26)28-2)7-9-16(17)29-12-18(25)24-15-6-4-3-5-14(15)20(21,22)23/h3-11H,12H2,1-2H3,(H,24,25)/b10-8+. The molecular weight excluding hydrogens is 391 g/mol. The number of ether oxygens (including phenoxy) is 3. The molecule has 6 nitrogen and oxygen atoms in total. The van der Waals surface area contributed by atoms with E-state index in [9.17, 15) is 22.8 Å². The Hall–Kier alpha value is -3.49. The molecule has 154 valence electrons. The Morgan fingerprint density at radius 1 is 1.07 bits per heavy atom. The summed E-state index contributed by atoms with van der Waals surface area (Å²) in [5.41, 5.74) is -0.695. The van der Waals surface area contributed by atoms with E-state index in [1.165, 1.54) is 44.6 Å². The molecule has 0 unspecified atom stereocenters. The molecule has 2 aromatic rings. The molecule has 2 aromatic carbocycles. The first-order chi connectivity index (χ1) is 13.7.